The van der Waals surface area contributed by atoms with Crippen molar-refractivity contribution in [1.82, 2.24) is 19.7 Å². The van der Waals surface area contributed by atoms with Gasteiger partial charge in [-0.15, -0.1) is 5.10 Å². The number of hydrogen-bond acceptors (Lipinski definition) is 4. The number of nitrogens with zero attached hydrogens (tertiary/aromatic N) is 4. The molecule has 2 N–H and O–H groups in total. The predicted molar refractivity (Wildman–Crippen MR) is 88.3 cm³/mol. The van der Waals surface area contributed by atoms with Crippen molar-refractivity contribution in [1.29, 1.82) is 0 Å². The molecule has 0 radical (unpaired) electrons. The predicted octanol–water partition coefficient (Wildman–Crippen LogP) is 1.09. The average molecular weight is 327 g/mol. The van der Waals surface area contributed by atoms with Crippen LogP contribution >= 0.6 is 0 Å². The molecule has 1 saturated heterocycles. The lowest BCUT2D eigenvalue weighted by atomic mass is 10.0. The molecular weight excluding hydrogens is 306 g/mol. The summed E-state index contributed by atoms with van der Waals surface area (Å²) in [7, 11) is 0. The molecule has 1 aromatic heterocycles. The number of amides is 2. The molecule has 24 heavy (non-hydrogen) atoms. The van der Waals surface area contributed by atoms with Gasteiger partial charge in [-0.1, -0.05) is 24.3 Å². The molecule has 2 aromatic rings. The van der Waals surface area contributed by atoms with E-state index in [1.165, 1.54) is 6.33 Å². The number of aryl methyl sites for hydroxylation is 1. The van der Waals surface area contributed by atoms with Gasteiger partial charge in [-0.25, -0.2) is 9.67 Å². The van der Waals surface area contributed by atoms with Crippen LogP contribution in [0, 0.1) is 6.92 Å². The highest BCUT2D eigenvalue weighted by molar-refractivity contribution is 5.88. The Balaban J connectivity index is 1.67. The second-order valence-electron chi connectivity index (χ2n) is 6.15. The quantitative estimate of drug-likeness (QED) is 0.909. The Morgan fingerprint density at radius 3 is 2.83 bits per heavy atom. The van der Waals surface area contributed by atoms with Gasteiger partial charge < -0.3 is 10.6 Å². The molecule has 7 nitrogen and oxygen atoms in total. The van der Waals surface area contributed by atoms with Crippen LogP contribution in [-0.4, -0.2) is 44.6 Å². The van der Waals surface area contributed by atoms with Crippen molar-refractivity contribution in [2.75, 3.05) is 13.1 Å². The lowest BCUT2D eigenvalue weighted by Crippen LogP contribution is -2.41. The summed E-state index contributed by atoms with van der Waals surface area (Å²) in [5.41, 5.74) is 7.37. The van der Waals surface area contributed by atoms with Crippen LogP contribution in [0.5, 0.6) is 0 Å². The number of carbonyl (C=O) groups excluding carboxylic acids is 2. The average Bonchev–Trinajstić information content (AvgIpc) is 3.07. The summed E-state index contributed by atoms with van der Waals surface area (Å²) in [6.45, 7) is 3.34. The molecule has 1 atom stereocenters. The molecule has 2 amide bonds. The highest BCUT2D eigenvalue weighted by Gasteiger charge is 2.26. The maximum Gasteiger partial charge on any atom is 0.288 e. The van der Waals surface area contributed by atoms with Gasteiger partial charge in [-0.3, -0.25) is 9.59 Å². The fourth-order valence-electron chi connectivity index (χ4n) is 3.04. The minimum absolute atomic E-state index is 0.0124. The van der Waals surface area contributed by atoms with Crippen LogP contribution in [0.3, 0.4) is 0 Å². The largest absolute Gasteiger partial charge is 0.363 e. The van der Waals surface area contributed by atoms with Gasteiger partial charge in [0, 0.05) is 13.1 Å². The van der Waals surface area contributed by atoms with Crippen LogP contribution < -0.4 is 5.73 Å². The van der Waals surface area contributed by atoms with E-state index in [1.54, 1.807) is 4.68 Å². The van der Waals surface area contributed by atoms with Crippen molar-refractivity contribution >= 4 is 11.8 Å². The van der Waals surface area contributed by atoms with Gasteiger partial charge in [0.15, 0.2) is 0 Å². The monoisotopic (exact) mass is 327 g/mol. The Hall–Kier alpha value is -2.70. The summed E-state index contributed by atoms with van der Waals surface area (Å²) in [5.74, 6) is -0.514. The number of likely N-dealkylation sites (tertiary alicyclic amines) is 1. The smallest absolute Gasteiger partial charge is 0.288 e. The third-order valence-corrected chi connectivity index (χ3v) is 4.46. The van der Waals surface area contributed by atoms with Crippen LogP contribution in [0.15, 0.2) is 30.6 Å². The number of rotatable bonds is 4. The van der Waals surface area contributed by atoms with Gasteiger partial charge in [-0.05, 0) is 30.9 Å². The molecule has 1 aliphatic heterocycles. The van der Waals surface area contributed by atoms with Crippen LogP contribution in [-0.2, 0) is 11.2 Å². The van der Waals surface area contributed by atoms with E-state index in [-0.39, 0.29) is 17.8 Å². The number of primary amides is 1. The maximum absolute atomic E-state index is 12.6. The highest BCUT2D eigenvalue weighted by atomic mass is 16.2. The zero-order valence-corrected chi connectivity index (χ0v) is 13.7. The second kappa shape index (κ2) is 6.82. The molecule has 1 fully saturated rings. The summed E-state index contributed by atoms with van der Waals surface area (Å²) in [6, 6.07) is 7.96. The van der Waals surface area contributed by atoms with Crippen molar-refractivity contribution in [2.24, 2.45) is 5.73 Å². The summed E-state index contributed by atoms with van der Waals surface area (Å²) in [5, 5.41) is 4.12. The van der Waals surface area contributed by atoms with Gasteiger partial charge in [0.25, 0.3) is 5.91 Å². The lowest BCUT2D eigenvalue weighted by Gasteiger charge is -2.32. The van der Waals surface area contributed by atoms with E-state index in [1.807, 2.05) is 36.1 Å². The first kappa shape index (κ1) is 16.2. The molecule has 0 unspecified atom stereocenters. The van der Waals surface area contributed by atoms with E-state index < -0.39 is 5.91 Å². The molecule has 0 bridgehead atoms. The highest BCUT2D eigenvalue weighted by Crippen LogP contribution is 2.21. The summed E-state index contributed by atoms with van der Waals surface area (Å²) in [4.78, 5) is 29.5. The minimum atomic E-state index is -0.642. The van der Waals surface area contributed by atoms with Crippen molar-refractivity contribution in [2.45, 2.75) is 32.2 Å². The molecule has 2 heterocycles. The van der Waals surface area contributed by atoms with Crippen molar-refractivity contribution in [3.05, 3.63) is 47.5 Å². The van der Waals surface area contributed by atoms with E-state index in [0.29, 0.717) is 13.0 Å². The molecular formula is C17H21N5O2. The van der Waals surface area contributed by atoms with Crippen molar-refractivity contribution < 1.29 is 9.59 Å². The number of nitrogens with two attached hydrogens (primary N) is 1. The van der Waals surface area contributed by atoms with Crippen molar-refractivity contribution in [3.63, 3.8) is 0 Å². The van der Waals surface area contributed by atoms with E-state index in [4.69, 9.17) is 5.73 Å². The Labute approximate surface area is 140 Å². The first-order valence-electron chi connectivity index (χ1n) is 8.08. The Morgan fingerprint density at radius 1 is 1.33 bits per heavy atom. The number of benzene rings is 1. The number of piperidine rings is 1. The Bertz CT molecular complexity index is 755. The van der Waals surface area contributed by atoms with Crippen LogP contribution in [0.1, 0.15) is 40.6 Å². The lowest BCUT2D eigenvalue weighted by molar-refractivity contribution is -0.132. The van der Waals surface area contributed by atoms with Crippen LogP contribution in [0.25, 0.3) is 0 Å². The first-order chi connectivity index (χ1) is 11.5. The molecule has 0 saturated carbocycles. The molecule has 7 heteroatoms. The molecule has 126 valence electrons. The molecule has 1 aromatic carbocycles. The van der Waals surface area contributed by atoms with E-state index >= 15 is 0 Å². The normalized spacial score (nSPS) is 17.7. The number of aromatic nitrogens is 3. The summed E-state index contributed by atoms with van der Waals surface area (Å²) >= 11 is 0. The SMILES string of the molecule is Cc1ccccc1CC(=O)N1CCC[C@H](n2cnc(C(N)=O)n2)C1. The van der Waals surface area contributed by atoms with Gasteiger partial charge in [0.2, 0.25) is 11.7 Å². The molecule has 3 rings (SSSR count). The van der Waals surface area contributed by atoms with Gasteiger partial charge in [0.05, 0.1) is 12.5 Å². The minimum Gasteiger partial charge on any atom is -0.363 e. The maximum atomic E-state index is 12.6. The molecule has 0 spiro atoms. The van der Waals surface area contributed by atoms with Crippen molar-refractivity contribution in [3.8, 4) is 0 Å². The summed E-state index contributed by atoms with van der Waals surface area (Å²) in [6.07, 6.45) is 3.72. The van der Waals surface area contributed by atoms with Crippen LogP contribution in [0.2, 0.25) is 0 Å². The third-order valence-electron chi connectivity index (χ3n) is 4.46. The molecule has 1 aliphatic rings. The number of hydrogen-bond donors (Lipinski definition) is 1. The standard InChI is InChI=1S/C17H21N5O2/c1-12-5-2-3-6-13(12)9-15(23)21-8-4-7-14(10-21)22-11-19-17(20-22)16(18)24/h2-3,5-6,11,14H,4,7-10H2,1H3,(H2,18,24)/t14-/m0/s1. The fraction of sp³-hybridized carbons (Fsp3) is 0.412. The fourth-order valence-corrected chi connectivity index (χ4v) is 3.04. The first-order valence-corrected chi connectivity index (χ1v) is 8.08. The van der Waals surface area contributed by atoms with Crippen LogP contribution in [0.4, 0.5) is 0 Å². The van der Waals surface area contributed by atoms with Gasteiger partial charge in [0.1, 0.15) is 6.33 Å². The van der Waals surface area contributed by atoms with E-state index in [0.717, 1.165) is 30.5 Å². The zero-order valence-electron chi connectivity index (χ0n) is 13.7. The summed E-state index contributed by atoms with van der Waals surface area (Å²) < 4.78 is 1.65. The van der Waals surface area contributed by atoms with E-state index in [9.17, 15) is 9.59 Å². The third kappa shape index (κ3) is 3.45. The molecule has 0 aliphatic carbocycles. The number of carbonyl (C=O) groups is 2. The zero-order chi connectivity index (χ0) is 17.1. The Kier molecular flexibility index (Phi) is 4.59. The topological polar surface area (TPSA) is 94.1 Å². The Morgan fingerprint density at radius 2 is 2.12 bits per heavy atom. The second-order valence-corrected chi connectivity index (χ2v) is 6.15. The van der Waals surface area contributed by atoms with E-state index in [2.05, 4.69) is 10.1 Å². The van der Waals surface area contributed by atoms with Gasteiger partial charge in [-0.2, -0.15) is 0 Å². The van der Waals surface area contributed by atoms with Gasteiger partial charge >= 0.3 is 0 Å².